The summed E-state index contributed by atoms with van der Waals surface area (Å²) in [6, 6.07) is 7.11. The minimum atomic E-state index is -0.252. The number of carbonyl (C=O) groups is 1. The van der Waals surface area contributed by atoms with Crippen LogP contribution in [0.25, 0.3) is 5.69 Å². The maximum absolute atomic E-state index is 12.2. The Hall–Kier alpha value is -2.63. The number of hydrogen-bond acceptors (Lipinski definition) is 3. The Balaban J connectivity index is 1.83. The average molecular weight is 370 g/mol. The molecule has 0 saturated heterocycles. The van der Waals surface area contributed by atoms with Gasteiger partial charge in [-0.25, -0.2) is 4.68 Å². The molecule has 0 aliphatic rings. The number of anilines is 1. The summed E-state index contributed by atoms with van der Waals surface area (Å²) in [6.45, 7) is 3.97. The highest BCUT2D eigenvalue weighted by Crippen LogP contribution is 2.14. The quantitative estimate of drug-likeness (QED) is 0.400. The van der Waals surface area contributed by atoms with Crippen molar-refractivity contribution in [1.29, 1.82) is 5.41 Å². The number of aryl methyl sites for hydroxylation is 1. The van der Waals surface area contributed by atoms with E-state index in [4.69, 9.17) is 5.41 Å². The second-order valence-electron chi connectivity index (χ2n) is 6.90. The second kappa shape index (κ2) is 10.5. The molecule has 6 heteroatoms. The van der Waals surface area contributed by atoms with Gasteiger partial charge in [-0.05, 0) is 37.6 Å². The van der Waals surface area contributed by atoms with Gasteiger partial charge in [-0.2, -0.15) is 0 Å². The molecule has 0 radical (unpaired) electrons. The predicted octanol–water partition coefficient (Wildman–Crippen LogP) is 4.55. The molecule has 0 aliphatic carbocycles. The van der Waals surface area contributed by atoms with Gasteiger partial charge in [0.15, 0.2) is 0 Å². The molecule has 0 unspecified atom stereocenters. The van der Waals surface area contributed by atoms with E-state index in [2.05, 4.69) is 17.3 Å². The van der Waals surface area contributed by atoms with Crippen molar-refractivity contribution in [3.63, 3.8) is 0 Å². The third-order valence-corrected chi connectivity index (χ3v) is 4.68. The van der Waals surface area contributed by atoms with E-state index < -0.39 is 0 Å². The van der Waals surface area contributed by atoms with Crippen LogP contribution in [0.5, 0.6) is 0 Å². The van der Waals surface area contributed by atoms with Crippen LogP contribution >= 0.6 is 0 Å². The van der Waals surface area contributed by atoms with Crippen molar-refractivity contribution in [3.8, 4) is 5.69 Å². The molecular weight excluding hydrogens is 340 g/mol. The van der Waals surface area contributed by atoms with Gasteiger partial charge in [0.25, 0.3) is 5.56 Å². The first kappa shape index (κ1) is 20.7. The van der Waals surface area contributed by atoms with Gasteiger partial charge in [-0.3, -0.25) is 14.7 Å². The highest BCUT2D eigenvalue weighted by Gasteiger charge is 2.10. The van der Waals surface area contributed by atoms with Crippen LogP contribution in [0.3, 0.4) is 0 Å². The fourth-order valence-corrected chi connectivity index (χ4v) is 3.07. The van der Waals surface area contributed by atoms with E-state index >= 15 is 0 Å². The van der Waals surface area contributed by atoms with Gasteiger partial charge >= 0.3 is 0 Å². The van der Waals surface area contributed by atoms with Gasteiger partial charge in [-0.15, -0.1) is 0 Å². The molecule has 146 valence electrons. The second-order valence-corrected chi connectivity index (χ2v) is 6.90. The maximum Gasteiger partial charge on any atom is 0.280 e. The minimum absolute atomic E-state index is 0.0234. The molecule has 3 N–H and O–H groups in total. The molecule has 0 aliphatic heterocycles. The van der Waals surface area contributed by atoms with Gasteiger partial charge < -0.3 is 10.7 Å². The lowest BCUT2D eigenvalue weighted by Gasteiger charge is -2.07. The molecule has 0 saturated carbocycles. The van der Waals surface area contributed by atoms with Crippen LogP contribution in [0, 0.1) is 12.3 Å². The maximum atomic E-state index is 12.2. The lowest BCUT2D eigenvalue weighted by atomic mass is 10.1. The van der Waals surface area contributed by atoms with Crippen molar-refractivity contribution < 1.29 is 4.79 Å². The summed E-state index contributed by atoms with van der Waals surface area (Å²) in [6.07, 6.45) is 9.91. The average Bonchev–Trinajstić information content (AvgIpc) is 2.95. The first-order chi connectivity index (χ1) is 13.1. The van der Waals surface area contributed by atoms with Gasteiger partial charge in [0.05, 0.1) is 11.3 Å². The first-order valence-corrected chi connectivity index (χ1v) is 9.79. The Morgan fingerprint density at radius 3 is 2.33 bits per heavy atom. The molecule has 2 rings (SSSR count). The summed E-state index contributed by atoms with van der Waals surface area (Å²) in [7, 11) is 0. The van der Waals surface area contributed by atoms with E-state index in [1.54, 1.807) is 31.2 Å². The molecule has 0 bridgehead atoms. The molecule has 1 heterocycles. The first-order valence-electron chi connectivity index (χ1n) is 9.79. The fraction of sp³-hybridized carbons (Fsp3) is 0.476. The fourth-order valence-electron chi connectivity index (χ4n) is 3.07. The van der Waals surface area contributed by atoms with Crippen LogP contribution < -0.4 is 10.9 Å². The molecule has 27 heavy (non-hydrogen) atoms. The lowest BCUT2D eigenvalue weighted by molar-refractivity contribution is -0.116. The molecule has 0 atom stereocenters. The van der Waals surface area contributed by atoms with E-state index in [1.807, 2.05) is 0 Å². The molecule has 6 nitrogen and oxygen atoms in total. The van der Waals surface area contributed by atoms with Crippen LogP contribution in [0.1, 0.15) is 69.5 Å². The van der Waals surface area contributed by atoms with Crippen molar-refractivity contribution in [2.24, 2.45) is 0 Å². The Bertz CT molecular complexity index is 803. The van der Waals surface area contributed by atoms with Crippen molar-refractivity contribution >= 4 is 17.8 Å². The molecule has 1 aromatic heterocycles. The van der Waals surface area contributed by atoms with Crippen LogP contribution in [-0.4, -0.2) is 21.9 Å². The summed E-state index contributed by atoms with van der Waals surface area (Å²) < 4.78 is 1.40. The third kappa shape index (κ3) is 5.94. The standard InChI is InChI=1S/C21H30N4O2/c1-3-4-5-6-7-8-9-10-20(26)23-17-11-13-18(14-12-17)25-21(27)19(15-22)16(2)24-25/h11-15,22,24H,3-10H2,1-2H3,(H,23,26). The number of carbonyl (C=O) groups excluding carboxylic acids is 1. The van der Waals surface area contributed by atoms with Gasteiger partial charge in [-0.1, -0.05) is 45.4 Å². The molecular formula is C21H30N4O2. The van der Waals surface area contributed by atoms with Crippen molar-refractivity contribution in [1.82, 2.24) is 9.78 Å². The summed E-state index contributed by atoms with van der Waals surface area (Å²) >= 11 is 0. The van der Waals surface area contributed by atoms with Crippen LogP contribution in [0.4, 0.5) is 5.69 Å². The van der Waals surface area contributed by atoms with E-state index in [-0.39, 0.29) is 11.5 Å². The highest BCUT2D eigenvalue weighted by molar-refractivity contribution is 5.90. The van der Waals surface area contributed by atoms with E-state index in [1.165, 1.54) is 36.8 Å². The Morgan fingerprint density at radius 1 is 1.11 bits per heavy atom. The number of H-pyrrole nitrogens is 1. The number of nitrogens with zero attached hydrogens (tertiary/aromatic N) is 1. The molecule has 0 fully saturated rings. The zero-order chi connectivity index (χ0) is 19.6. The van der Waals surface area contributed by atoms with E-state index in [0.29, 0.717) is 23.4 Å². The SMILES string of the molecule is CCCCCCCCCC(=O)Nc1ccc(-n2[nH]c(C)c(C=N)c2=O)cc1. The smallest absolute Gasteiger partial charge is 0.280 e. The largest absolute Gasteiger partial charge is 0.326 e. The molecule has 2 aromatic rings. The zero-order valence-electron chi connectivity index (χ0n) is 16.3. The number of rotatable bonds is 11. The summed E-state index contributed by atoms with van der Waals surface area (Å²) in [5.74, 6) is 0.0234. The Kier molecular flexibility index (Phi) is 8.04. The number of aromatic nitrogens is 2. The number of amides is 1. The Morgan fingerprint density at radius 2 is 1.74 bits per heavy atom. The van der Waals surface area contributed by atoms with Gasteiger partial charge in [0, 0.05) is 24.0 Å². The summed E-state index contributed by atoms with van der Waals surface area (Å²) in [4.78, 5) is 24.3. The number of aromatic amines is 1. The zero-order valence-corrected chi connectivity index (χ0v) is 16.3. The predicted molar refractivity (Wildman–Crippen MR) is 110 cm³/mol. The van der Waals surface area contributed by atoms with Gasteiger partial charge in [0.1, 0.15) is 0 Å². The molecule has 0 spiro atoms. The van der Waals surface area contributed by atoms with Crippen LogP contribution in [-0.2, 0) is 4.79 Å². The number of unbranched alkanes of at least 4 members (excludes halogenated alkanes) is 6. The Labute approximate surface area is 160 Å². The normalized spacial score (nSPS) is 10.7. The number of benzene rings is 1. The lowest BCUT2D eigenvalue weighted by Crippen LogP contribution is -2.17. The van der Waals surface area contributed by atoms with Gasteiger partial charge in [0.2, 0.25) is 5.91 Å². The van der Waals surface area contributed by atoms with Crippen molar-refractivity contribution in [2.45, 2.75) is 65.2 Å². The van der Waals surface area contributed by atoms with Crippen LogP contribution in [0.2, 0.25) is 0 Å². The van der Waals surface area contributed by atoms with E-state index in [0.717, 1.165) is 24.7 Å². The number of hydrogen-bond donors (Lipinski definition) is 3. The van der Waals surface area contributed by atoms with E-state index in [9.17, 15) is 9.59 Å². The monoisotopic (exact) mass is 370 g/mol. The minimum Gasteiger partial charge on any atom is -0.326 e. The molecule has 1 aromatic carbocycles. The van der Waals surface area contributed by atoms with Crippen molar-refractivity contribution in [2.75, 3.05) is 5.32 Å². The summed E-state index contributed by atoms with van der Waals surface area (Å²) in [5, 5.41) is 13.2. The third-order valence-electron chi connectivity index (χ3n) is 4.68. The number of nitrogens with one attached hydrogen (secondary N) is 3. The van der Waals surface area contributed by atoms with Crippen molar-refractivity contribution in [3.05, 3.63) is 45.9 Å². The molecule has 1 amide bonds. The highest BCUT2D eigenvalue weighted by atomic mass is 16.1. The summed E-state index contributed by atoms with van der Waals surface area (Å²) in [5.41, 5.74) is 2.14. The van der Waals surface area contributed by atoms with Crippen LogP contribution in [0.15, 0.2) is 29.1 Å². The topological polar surface area (TPSA) is 90.7 Å².